The van der Waals surface area contributed by atoms with Crippen molar-refractivity contribution in [2.75, 3.05) is 7.05 Å². The van der Waals surface area contributed by atoms with E-state index in [1.54, 1.807) is 0 Å². The number of hydrogen-bond donors (Lipinski definition) is 0. The minimum Gasteiger partial charge on any atom is -0.354 e. The maximum absolute atomic E-state index is 4.18. The molecule has 1 aliphatic rings. The lowest BCUT2D eigenvalue weighted by atomic mass is 10.0. The van der Waals surface area contributed by atoms with Gasteiger partial charge in [-0.1, -0.05) is 30.3 Å². The molecular weight excluding hydrogens is 264 g/mol. The van der Waals surface area contributed by atoms with Gasteiger partial charge < -0.3 is 4.90 Å². The van der Waals surface area contributed by atoms with Gasteiger partial charge in [-0.2, -0.15) is 0 Å². The smallest absolute Gasteiger partial charge is 0.0910 e. The Morgan fingerprint density at radius 2 is 1.85 bits per heavy atom. The third-order valence-corrected chi connectivity index (χ3v) is 5.34. The fourth-order valence-corrected chi connectivity index (χ4v) is 3.97. The first-order valence-corrected chi connectivity index (χ1v) is 7.57. The lowest BCUT2D eigenvalue weighted by molar-refractivity contribution is 0.450. The Morgan fingerprint density at radius 3 is 2.55 bits per heavy atom. The number of hydrogen-bond acceptors (Lipinski definition) is 3. The van der Waals surface area contributed by atoms with Crippen molar-refractivity contribution in [2.45, 2.75) is 19.9 Å². The maximum Gasteiger partial charge on any atom is 0.0910 e. The molecule has 0 bridgehead atoms. The van der Waals surface area contributed by atoms with Gasteiger partial charge in [-0.25, -0.2) is 4.99 Å². The molecule has 102 valence electrons. The Kier molecular flexibility index (Phi) is 3.45. The van der Waals surface area contributed by atoms with Crippen molar-refractivity contribution in [1.82, 2.24) is 4.90 Å². The fourth-order valence-electron chi connectivity index (χ4n) is 2.52. The molecule has 0 N–H and O–H groups in total. The standard InChI is InChI=1S/C17H18N2S/c1-12-13(2)17(15-9-10-18-11-19(15)3)20-16(12)14-7-5-4-6-8-14/h4-11,15H,1-3H3. The number of nitrogens with zero attached hydrogens (tertiary/aromatic N) is 2. The van der Waals surface area contributed by atoms with Crippen molar-refractivity contribution in [3.8, 4) is 10.4 Å². The van der Waals surface area contributed by atoms with E-state index in [1.807, 2.05) is 23.9 Å². The molecule has 1 aliphatic heterocycles. The van der Waals surface area contributed by atoms with E-state index < -0.39 is 0 Å². The molecule has 1 atom stereocenters. The van der Waals surface area contributed by atoms with E-state index in [2.05, 4.69) is 67.2 Å². The highest BCUT2D eigenvalue weighted by Gasteiger charge is 2.22. The second-order valence-corrected chi connectivity index (χ2v) is 6.18. The van der Waals surface area contributed by atoms with E-state index in [4.69, 9.17) is 0 Å². The highest BCUT2D eigenvalue weighted by atomic mass is 32.1. The lowest BCUT2D eigenvalue weighted by Gasteiger charge is -2.25. The van der Waals surface area contributed by atoms with Crippen LogP contribution in [-0.2, 0) is 0 Å². The molecule has 2 heterocycles. The Labute approximate surface area is 124 Å². The summed E-state index contributed by atoms with van der Waals surface area (Å²) in [6.45, 7) is 4.44. The molecule has 2 nitrogen and oxygen atoms in total. The molecule has 1 aromatic carbocycles. The average molecular weight is 282 g/mol. The molecule has 0 amide bonds. The summed E-state index contributed by atoms with van der Waals surface area (Å²) in [5.74, 6) is 0. The zero-order valence-electron chi connectivity index (χ0n) is 12.0. The van der Waals surface area contributed by atoms with Crippen molar-refractivity contribution in [3.63, 3.8) is 0 Å². The van der Waals surface area contributed by atoms with Crippen molar-refractivity contribution >= 4 is 17.7 Å². The summed E-state index contributed by atoms with van der Waals surface area (Å²) in [4.78, 5) is 9.12. The number of rotatable bonds is 2. The molecule has 1 unspecified atom stereocenters. The molecule has 0 saturated carbocycles. The molecule has 0 aliphatic carbocycles. The van der Waals surface area contributed by atoms with Crippen LogP contribution in [0.3, 0.4) is 0 Å². The third-order valence-electron chi connectivity index (χ3n) is 3.83. The molecule has 20 heavy (non-hydrogen) atoms. The van der Waals surface area contributed by atoms with Crippen LogP contribution in [0.2, 0.25) is 0 Å². The van der Waals surface area contributed by atoms with E-state index in [0.717, 1.165) is 0 Å². The summed E-state index contributed by atoms with van der Waals surface area (Å²) in [7, 11) is 2.08. The second-order valence-electron chi connectivity index (χ2n) is 5.13. The first kappa shape index (κ1) is 13.1. The minimum atomic E-state index is 0.300. The van der Waals surface area contributed by atoms with Gasteiger partial charge in [0.15, 0.2) is 0 Å². The quantitative estimate of drug-likeness (QED) is 0.788. The maximum atomic E-state index is 4.18. The first-order valence-electron chi connectivity index (χ1n) is 6.75. The third kappa shape index (κ3) is 2.18. The summed E-state index contributed by atoms with van der Waals surface area (Å²) in [5, 5.41) is 0. The van der Waals surface area contributed by atoms with Gasteiger partial charge >= 0.3 is 0 Å². The van der Waals surface area contributed by atoms with Gasteiger partial charge in [0, 0.05) is 23.0 Å². The highest BCUT2D eigenvalue weighted by Crippen LogP contribution is 2.40. The van der Waals surface area contributed by atoms with Crippen molar-refractivity contribution < 1.29 is 0 Å². The molecule has 2 aromatic rings. The van der Waals surface area contributed by atoms with Crippen LogP contribution in [0, 0.1) is 13.8 Å². The van der Waals surface area contributed by atoms with Crippen LogP contribution < -0.4 is 0 Å². The van der Waals surface area contributed by atoms with E-state index in [0.29, 0.717) is 6.04 Å². The molecule has 1 aromatic heterocycles. The Balaban J connectivity index is 2.07. The summed E-state index contributed by atoms with van der Waals surface area (Å²) in [6, 6.07) is 10.9. The van der Waals surface area contributed by atoms with Gasteiger partial charge in [0.25, 0.3) is 0 Å². The Bertz CT molecular complexity index is 668. The van der Waals surface area contributed by atoms with Gasteiger partial charge in [-0.3, -0.25) is 0 Å². The van der Waals surface area contributed by atoms with Crippen molar-refractivity contribution in [2.24, 2.45) is 4.99 Å². The lowest BCUT2D eigenvalue weighted by Crippen LogP contribution is -2.23. The predicted molar refractivity (Wildman–Crippen MR) is 87.4 cm³/mol. The van der Waals surface area contributed by atoms with Crippen LogP contribution >= 0.6 is 11.3 Å². The number of aliphatic imine (C=N–C) groups is 1. The predicted octanol–water partition coefficient (Wildman–Crippen LogP) is 4.56. The summed E-state index contributed by atoms with van der Waals surface area (Å²) in [6.07, 6.45) is 5.94. The van der Waals surface area contributed by atoms with Gasteiger partial charge in [0.1, 0.15) is 0 Å². The second kappa shape index (κ2) is 5.25. The van der Waals surface area contributed by atoms with E-state index >= 15 is 0 Å². The van der Waals surface area contributed by atoms with E-state index in [9.17, 15) is 0 Å². The summed E-state index contributed by atoms with van der Waals surface area (Å²) in [5.41, 5.74) is 4.09. The zero-order valence-corrected chi connectivity index (χ0v) is 12.8. The number of thiophene rings is 1. The first-order chi connectivity index (χ1) is 9.68. The molecule has 0 spiro atoms. The van der Waals surface area contributed by atoms with Crippen LogP contribution in [0.1, 0.15) is 22.0 Å². The largest absolute Gasteiger partial charge is 0.354 e. The minimum absolute atomic E-state index is 0.300. The monoisotopic (exact) mass is 282 g/mol. The summed E-state index contributed by atoms with van der Waals surface area (Å²) >= 11 is 1.89. The Morgan fingerprint density at radius 1 is 1.10 bits per heavy atom. The molecule has 0 saturated heterocycles. The molecule has 3 heteroatoms. The van der Waals surface area contributed by atoms with Gasteiger partial charge in [-0.15, -0.1) is 11.3 Å². The van der Waals surface area contributed by atoms with Crippen LogP contribution in [0.25, 0.3) is 10.4 Å². The SMILES string of the molecule is Cc1c(-c2ccccc2)sc(C2C=CN=CN2C)c1C. The fraction of sp³-hybridized carbons (Fsp3) is 0.235. The van der Waals surface area contributed by atoms with Crippen LogP contribution in [0.5, 0.6) is 0 Å². The molecule has 3 rings (SSSR count). The van der Waals surface area contributed by atoms with Gasteiger partial charge in [0.05, 0.1) is 12.4 Å². The van der Waals surface area contributed by atoms with Gasteiger partial charge in [0.2, 0.25) is 0 Å². The summed E-state index contributed by atoms with van der Waals surface area (Å²) < 4.78 is 0. The molecule has 0 fully saturated rings. The molecular formula is C17H18N2S. The van der Waals surface area contributed by atoms with Crippen LogP contribution in [0.4, 0.5) is 0 Å². The zero-order chi connectivity index (χ0) is 14.1. The van der Waals surface area contributed by atoms with Crippen LogP contribution in [0.15, 0.2) is 47.6 Å². The Hall–Kier alpha value is -1.87. The van der Waals surface area contributed by atoms with Crippen LogP contribution in [-0.4, -0.2) is 18.3 Å². The van der Waals surface area contributed by atoms with E-state index in [1.165, 1.54) is 26.4 Å². The normalized spacial score (nSPS) is 17.8. The van der Waals surface area contributed by atoms with E-state index in [-0.39, 0.29) is 0 Å². The number of benzene rings is 1. The molecule has 0 radical (unpaired) electrons. The van der Waals surface area contributed by atoms with Crippen molar-refractivity contribution in [3.05, 3.63) is 58.6 Å². The highest BCUT2D eigenvalue weighted by molar-refractivity contribution is 7.16. The van der Waals surface area contributed by atoms with Gasteiger partial charge in [-0.05, 0) is 36.6 Å². The number of likely N-dealkylation sites (N-methyl/N-ethyl adjacent to an activating group) is 1. The van der Waals surface area contributed by atoms with Crippen molar-refractivity contribution in [1.29, 1.82) is 0 Å². The topological polar surface area (TPSA) is 15.6 Å². The average Bonchev–Trinajstić information content (AvgIpc) is 2.77.